The Morgan fingerprint density at radius 1 is 0.914 bits per heavy atom. The highest BCUT2D eigenvalue weighted by atomic mass is 16.7. The van der Waals surface area contributed by atoms with Gasteiger partial charge in [0.05, 0.1) is 56.2 Å². The number of rotatable bonds is 10. The maximum Gasteiger partial charge on any atom is 0.308 e. The summed E-state index contributed by atoms with van der Waals surface area (Å²) in [6, 6.07) is -0.723. The van der Waals surface area contributed by atoms with E-state index in [0.29, 0.717) is 12.0 Å². The fourth-order valence-electron chi connectivity index (χ4n) is 8.84. The van der Waals surface area contributed by atoms with Crippen LogP contribution in [0.15, 0.2) is 36.0 Å². The Morgan fingerprint density at radius 2 is 1.57 bits per heavy atom. The minimum absolute atomic E-state index is 0.0384. The first-order valence-corrected chi connectivity index (χ1v) is 20.6. The average molecular weight is 824 g/mol. The Labute approximate surface area is 344 Å². The van der Waals surface area contributed by atoms with Crippen molar-refractivity contribution in [3.63, 3.8) is 0 Å². The number of aldehydes is 1. The van der Waals surface area contributed by atoms with Gasteiger partial charge in [-0.15, -0.1) is 0 Å². The SMILES string of the molecule is C=C1CO[C@@H]2CC(=O)O[C@H](CC)[C@@H](CO[C@@H]3OC(C)[C@@H](O)[C@H](OC)C3OC)C=C(C)C=CC(=O)[C@H](C)C[C@H](C(C=O)C1)[C@H](O[C@@H]1OC(C)[C@@H](O)C(N(C)C)C1O)[C@H]2C. The van der Waals surface area contributed by atoms with Crippen LogP contribution in [-0.4, -0.2) is 159 Å². The summed E-state index contributed by atoms with van der Waals surface area (Å²) in [4.78, 5) is 42.6. The van der Waals surface area contributed by atoms with Gasteiger partial charge in [-0.2, -0.15) is 0 Å². The van der Waals surface area contributed by atoms with E-state index < -0.39 is 115 Å². The van der Waals surface area contributed by atoms with Gasteiger partial charge in [0.1, 0.15) is 36.8 Å². The fraction of sp³-hybridized carbons (Fsp3) is 0.791. The van der Waals surface area contributed by atoms with Gasteiger partial charge in [-0.25, -0.2) is 0 Å². The van der Waals surface area contributed by atoms with E-state index in [1.807, 2.05) is 33.8 Å². The largest absolute Gasteiger partial charge is 0.462 e. The molecular weight excluding hydrogens is 754 g/mol. The molecule has 58 heavy (non-hydrogen) atoms. The van der Waals surface area contributed by atoms with E-state index in [0.717, 1.165) is 11.9 Å². The van der Waals surface area contributed by atoms with Crippen molar-refractivity contribution in [3.05, 3.63) is 36.0 Å². The van der Waals surface area contributed by atoms with E-state index in [1.165, 1.54) is 20.3 Å². The fourth-order valence-corrected chi connectivity index (χ4v) is 8.84. The number of esters is 1. The lowest BCUT2D eigenvalue weighted by atomic mass is 9.73. The van der Waals surface area contributed by atoms with Crippen LogP contribution in [0.1, 0.15) is 67.2 Å². The lowest BCUT2D eigenvalue weighted by molar-refractivity contribution is -0.305. The number of carbonyl (C=O) groups is 3. The van der Waals surface area contributed by atoms with Crippen LogP contribution in [0, 0.1) is 29.6 Å². The molecular formula is C43H69NO14. The van der Waals surface area contributed by atoms with Crippen LogP contribution in [0.3, 0.4) is 0 Å². The third kappa shape index (κ3) is 11.7. The molecule has 0 radical (unpaired) electrons. The van der Waals surface area contributed by atoms with Crippen molar-refractivity contribution in [1.29, 1.82) is 0 Å². The summed E-state index contributed by atoms with van der Waals surface area (Å²) in [5, 5.41) is 33.2. The van der Waals surface area contributed by atoms with E-state index in [2.05, 4.69) is 6.58 Å². The number of likely N-dealkylation sites (N-methyl/N-ethyl adjacent to an activating group) is 1. The Balaban J connectivity index is 1.74. The first-order valence-electron chi connectivity index (χ1n) is 20.6. The molecule has 15 heteroatoms. The summed E-state index contributed by atoms with van der Waals surface area (Å²) in [6.45, 7) is 15.1. The third-order valence-electron chi connectivity index (χ3n) is 12.4. The molecule has 330 valence electrons. The normalized spacial score (nSPS) is 42.7. The minimum Gasteiger partial charge on any atom is -0.462 e. The maximum absolute atomic E-state index is 14.1. The predicted octanol–water partition coefficient (Wildman–Crippen LogP) is 2.77. The van der Waals surface area contributed by atoms with Gasteiger partial charge < -0.3 is 62.9 Å². The zero-order chi connectivity index (χ0) is 43.0. The number of ketones is 1. The van der Waals surface area contributed by atoms with Gasteiger partial charge >= 0.3 is 5.97 Å². The molecule has 0 aromatic rings. The molecule has 0 aliphatic carbocycles. The molecule has 3 fully saturated rings. The maximum atomic E-state index is 14.1. The molecule has 6 unspecified atom stereocenters. The molecule has 3 saturated heterocycles. The van der Waals surface area contributed by atoms with E-state index in [1.54, 1.807) is 38.9 Å². The van der Waals surface area contributed by atoms with Gasteiger partial charge in [0.15, 0.2) is 18.4 Å². The van der Waals surface area contributed by atoms with Crippen LogP contribution >= 0.6 is 0 Å². The lowest BCUT2D eigenvalue weighted by Crippen LogP contribution is -2.63. The number of ether oxygens (including phenoxy) is 8. The van der Waals surface area contributed by atoms with Crippen LogP contribution in [0.4, 0.5) is 0 Å². The number of carbonyl (C=O) groups excluding carboxylic acids is 3. The molecule has 4 heterocycles. The summed E-state index contributed by atoms with van der Waals surface area (Å²) in [6.07, 6.45) is -3.71. The summed E-state index contributed by atoms with van der Waals surface area (Å²) in [5.74, 6) is -3.56. The van der Waals surface area contributed by atoms with Crippen molar-refractivity contribution in [2.24, 2.45) is 29.6 Å². The molecule has 3 N–H and O–H groups in total. The molecule has 0 amide bonds. The molecule has 4 rings (SSSR count). The van der Waals surface area contributed by atoms with Crippen LogP contribution in [0.25, 0.3) is 0 Å². The van der Waals surface area contributed by atoms with Crippen molar-refractivity contribution < 1.29 is 67.6 Å². The number of hydrogen-bond donors (Lipinski definition) is 3. The highest BCUT2D eigenvalue weighted by Crippen LogP contribution is 2.39. The first kappa shape index (κ1) is 48.3. The number of methoxy groups -OCH3 is 2. The smallest absolute Gasteiger partial charge is 0.308 e. The summed E-state index contributed by atoms with van der Waals surface area (Å²) >= 11 is 0. The quantitative estimate of drug-likeness (QED) is 0.166. The standard InChI is InChI=1S/C43H69NO14/c1-12-32-29(21-54-43-41(52-11)40(51-10)37(49)27(7)56-43)15-22(2)13-14-31(46)24(4)17-30-28(19-45)16-23(3)20-53-33(18-34(47)57-32)25(5)39(30)58-42-38(50)35(44(8)9)36(48)26(6)55-42/h13-15,19,24-30,32-33,35-43,48-50H,3,12,16-18,20-21H2,1-2,4-11H3/t24-,25+,26?,27?,28?,29-,30-,32-,33-,35?,36-,37-,38?,39-,40+,41?,42+,43-/m1/s1. The molecule has 18 atom stereocenters. The van der Waals surface area contributed by atoms with Gasteiger partial charge in [-0.3, -0.25) is 9.59 Å². The number of hydrogen-bond acceptors (Lipinski definition) is 15. The molecule has 0 aromatic carbocycles. The first-order chi connectivity index (χ1) is 27.4. The van der Waals surface area contributed by atoms with Crippen molar-refractivity contribution >= 4 is 18.0 Å². The zero-order valence-electron chi connectivity index (χ0n) is 35.9. The van der Waals surface area contributed by atoms with E-state index >= 15 is 0 Å². The molecule has 4 aliphatic rings. The number of aliphatic hydroxyl groups excluding tert-OH is 3. The van der Waals surface area contributed by atoms with Crippen LogP contribution in [0.2, 0.25) is 0 Å². The number of allylic oxidation sites excluding steroid dienone is 3. The zero-order valence-corrected chi connectivity index (χ0v) is 35.9. The molecule has 4 aliphatic heterocycles. The van der Waals surface area contributed by atoms with Gasteiger partial charge in [-0.05, 0) is 66.1 Å². The molecule has 2 bridgehead atoms. The van der Waals surface area contributed by atoms with E-state index in [9.17, 15) is 29.7 Å². The Hall–Kier alpha value is -2.41. The van der Waals surface area contributed by atoms with Gasteiger partial charge in [0, 0.05) is 37.9 Å². The average Bonchev–Trinajstić information content (AvgIpc) is 3.22. The minimum atomic E-state index is -1.28. The summed E-state index contributed by atoms with van der Waals surface area (Å²) < 4.78 is 49.0. The molecule has 0 saturated carbocycles. The third-order valence-corrected chi connectivity index (χ3v) is 12.4. The van der Waals surface area contributed by atoms with E-state index in [4.69, 9.17) is 37.9 Å². The highest BCUT2D eigenvalue weighted by Gasteiger charge is 2.49. The van der Waals surface area contributed by atoms with Crippen LogP contribution in [0.5, 0.6) is 0 Å². The Kier molecular flexibility index (Phi) is 18.2. The van der Waals surface area contributed by atoms with Gasteiger partial charge in [0.2, 0.25) is 0 Å². The second-order valence-electron chi connectivity index (χ2n) is 16.9. The Bertz CT molecular complexity index is 1440. The Morgan fingerprint density at radius 3 is 2.19 bits per heavy atom. The van der Waals surface area contributed by atoms with E-state index in [-0.39, 0.29) is 38.3 Å². The highest BCUT2D eigenvalue weighted by molar-refractivity contribution is 5.91. The van der Waals surface area contributed by atoms with Crippen molar-refractivity contribution in [1.82, 2.24) is 4.90 Å². The van der Waals surface area contributed by atoms with Gasteiger partial charge in [0.25, 0.3) is 0 Å². The topological polar surface area (TPSA) is 189 Å². The number of fused-ring (bicyclic) bond motifs is 3. The number of nitrogens with zero attached hydrogens (tertiary/aromatic N) is 1. The second-order valence-corrected chi connectivity index (χ2v) is 16.9. The van der Waals surface area contributed by atoms with Crippen molar-refractivity contribution in [2.45, 2.75) is 147 Å². The van der Waals surface area contributed by atoms with Crippen molar-refractivity contribution in [3.8, 4) is 0 Å². The summed E-state index contributed by atoms with van der Waals surface area (Å²) in [5.41, 5.74) is 1.37. The molecule has 0 aromatic heterocycles. The summed E-state index contributed by atoms with van der Waals surface area (Å²) in [7, 11) is 6.46. The second kappa shape index (κ2) is 21.9. The van der Waals surface area contributed by atoms with Crippen LogP contribution < -0.4 is 0 Å². The number of aliphatic hydroxyl groups is 3. The predicted molar refractivity (Wildman–Crippen MR) is 212 cm³/mol. The lowest BCUT2D eigenvalue weighted by Gasteiger charge is -2.47. The molecule has 0 spiro atoms. The van der Waals surface area contributed by atoms with Crippen LogP contribution in [-0.2, 0) is 52.3 Å². The number of cyclic esters (lactones) is 1. The molecule has 15 nitrogen and oxygen atoms in total. The van der Waals surface area contributed by atoms with Crippen molar-refractivity contribution in [2.75, 3.05) is 41.5 Å². The van der Waals surface area contributed by atoms with Gasteiger partial charge in [-0.1, -0.05) is 50.6 Å². The monoisotopic (exact) mass is 823 g/mol.